The van der Waals surface area contributed by atoms with Crippen LogP contribution in [-0.2, 0) is 9.63 Å². The molecule has 2 aromatic rings. The van der Waals surface area contributed by atoms with E-state index in [0.29, 0.717) is 0 Å². The van der Waals surface area contributed by atoms with Crippen molar-refractivity contribution in [1.82, 2.24) is 0 Å². The van der Waals surface area contributed by atoms with E-state index in [9.17, 15) is 18.0 Å². The van der Waals surface area contributed by atoms with Gasteiger partial charge in [0.15, 0.2) is 0 Å². The number of hydrogen-bond donors (Lipinski definition) is 1. The van der Waals surface area contributed by atoms with E-state index in [2.05, 4.69) is 15.2 Å². The van der Waals surface area contributed by atoms with Crippen LogP contribution in [0, 0.1) is 5.82 Å². The van der Waals surface area contributed by atoms with Crippen LogP contribution in [0.25, 0.3) is 0 Å². The van der Waals surface area contributed by atoms with Gasteiger partial charge in [0.25, 0.3) is 5.91 Å². The highest BCUT2D eigenvalue weighted by molar-refractivity contribution is 6.33. The van der Waals surface area contributed by atoms with Gasteiger partial charge in [-0.25, -0.2) is 4.39 Å². The first kappa shape index (κ1) is 19.6. The molecular weight excluding hydrogens is 373 g/mol. The number of para-hydroxylation sites is 1. The van der Waals surface area contributed by atoms with Crippen LogP contribution in [-0.4, -0.2) is 24.8 Å². The fraction of sp³-hybridized carbons (Fsp3) is 0.176. The molecule has 1 atom stereocenters. The summed E-state index contributed by atoms with van der Waals surface area (Å²) in [6, 6.07) is 9.48. The fourth-order valence-electron chi connectivity index (χ4n) is 1.84. The molecule has 0 unspecified atom stereocenters. The summed E-state index contributed by atoms with van der Waals surface area (Å²) in [5, 5.41) is 6.10. The Morgan fingerprint density at radius 3 is 2.69 bits per heavy atom. The lowest BCUT2D eigenvalue weighted by Gasteiger charge is -2.12. The minimum Gasteiger partial charge on any atom is -0.434 e. The average Bonchev–Trinajstić information content (AvgIpc) is 2.58. The van der Waals surface area contributed by atoms with E-state index in [-0.39, 0.29) is 22.0 Å². The SMILES string of the molecule is C[C@@H](O/N=C\c1ccccc1OC(F)F)C(=O)Nc1ccc(F)cc1Cl. The second-order valence-corrected chi connectivity index (χ2v) is 5.42. The number of amides is 1. The molecule has 26 heavy (non-hydrogen) atoms. The third-order valence-electron chi connectivity index (χ3n) is 3.10. The molecule has 0 bridgehead atoms. The number of oxime groups is 1. The van der Waals surface area contributed by atoms with Crippen molar-refractivity contribution in [1.29, 1.82) is 0 Å². The van der Waals surface area contributed by atoms with Crippen LogP contribution in [0.3, 0.4) is 0 Å². The zero-order valence-corrected chi connectivity index (χ0v) is 14.2. The number of hydrogen-bond acceptors (Lipinski definition) is 4. The molecule has 0 heterocycles. The quantitative estimate of drug-likeness (QED) is 0.564. The van der Waals surface area contributed by atoms with Gasteiger partial charge in [0, 0.05) is 5.56 Å². The van der Waals surface area contributed by atoms with Crippen molar-refractivity contribution in [3.05, 3.63) is 58.9 Å². The van der Waals surface area contributed by atoms with Gasteiger partial charge in [-0.05, 0) is 37.3 Å². The van der Waals surface area contributed by atoms with Crippen molar-refractivity contribution >= 4 is 29.4 Å². The molecule has 9 heteroatoms. The van der Waals surface area contributed by atoms with Crippen molar-refractivity contribution < 1.29 is 27.5 Å². The molecule has 0 aliphatic carbocycles. The standard InChI is InChI=1S/C17H14ClF3N2O3/c1-10(16(24)23-14-7-6-12(19)8-13(14)18)26-22-9-11-4-2-3-5-15(11)25-17(20)21/h2-10,17H,1H3,(H,23,24)/b22-9-/t10-/m1/s1. The largest absolute Gasteiger partial charge is 0.434 e. The van der Waals surface area contributed by atoms with E-state index < -0.39 is 24.4 Å². The van der Waals surface area contributed by atoms with Gasteiger partial charge in [-0.2, -0.15) is 8.78 Å². The number of benzene rings is 2. The van der Waals surface area contributed by atoms with Crippen LogP contribution in [0.1, 0.15) is 12.5 Å². The molecule has 0 saturated heterocycles. The number of alkyl halides is 2. The van der Waals surface area contributed by atoms with Crippen LogP contribution in [0.2, 0.25) is 5.02 Å². The maximum absolute atomic E-state index is 13.0. The summed E-state index contributed by atoms with van der Waals surface area (Å²) in [6.45, 7) is -1.55. The van der Waals surface area contributed by atoms with Crippen molar-refractivity contribution in [2.75, 3.05) is 5.32 Å². The highest BCUT2D eigenvalue weighted by Crippen LogP contribution is 2.23. The fourth-order valence-corrected chi connectivity index (χ4v) is 2.06. The Kier molecular flexibility index (Phi) is 6.85. The molecular formula is C17H14ClF3N2O3. The summed E-state index contributed by atoms with van der Waals surface area (Å²) in [4.78, 5) is 17.0. The van der Waals surface area contributed by atoms with Gasteiger partial charge in [-0.3, -0.25) is 4.79 Å². The predicted octanol–water partition coefficient (Wildman–Crippen LogP) is 4.46. The number of carbonyl (C=O) groups excluding carboxylic acids is 1. The number of ether oxygens (including phenoxy) is 1. The second kappa shape index (κ2) is 9.10. The van der Waals surface area contributed by atoms with E-state index in [1.807, 2.05) is 0 Å². The van der Waals surface area contributed by atoms with Crippen molar-refractivity contribution in [3.8, 4) is 5.75 Å². The number of anilines is 1. The number of nitrogens with zero attached hydrogens (tertiary/aromatic N) is 1. The third kappa shape index (κ3) is 5.66. The van der Waals surface area contributed by atoms with Crippen LogP contribution >= 0.6 is 11.6 Å². The number of carbonyl (C=O) groups is 1. The Morgan fingerprint density at radius 2 is 2.00 bits per heavy atom. The van der Waals surface area contributed by atoms with E-state index >= 15 is 0 Å². The monoisotopic (exact) mass is 386 g/mol. The molecule has 2 rings (SSSR count). The Balaban J connectivity index is 1.96. The van der Waals surface area contributed by atoms with Gasteiger partial charge in [-0.1, -0.05) is 28.9 Å². The summed E-state index contributed by atoms with van der Waals surface area (Å²) >= 11 is 5.82. The summed E-state index contributed by atoms with van der Waals surface area (Å²) in [5.41, 5.74) is 0.468. The molecule has 0 aromatic heterocycles. The van der Waals surface area contributed by atoms with Crippen LogP contribution < -0.4 is 10.1 Å². The lowest BCUT2D eigenvalue weighted by atomic mass is 10.2. The Labute approximate surface area is 152 Å². The molecule has 0 aliphatic heterocycles. The molecule has 0 spiro atoms. The summed E-state index contributed by atoms with van der Waals surface area (Å²) in [5.74, 6) is -1.19. The van der Waals surface area contributed by atoms with E-state index in [0.717, 1.165) is 18.3 Å². The zero-order valence-electron chi connectivity index (χ0n) is 13.5. The predicted molar refractivity (Wildman–Crippen MR) is 91.3 cm³/mol. The Hall–Kier alpha value is -2.74. The lowest BCUT2D eigenvalue weighted by molar-refractivity contribution is -0.126. The van der Waals surface area contributed by atoms with Crippen molar-refractivity contribution in [2.24, 2.45) is 5.16 Å². The average molecular weight is 387 g/mol. The molecule has 0 radical (unpaired) electrons. The van der Waals surface area contributed by atoms with Crippen LogP contribution in [0.4, 0.5) is 18.9 Å². The third-order valence-corrected chi connectivity index (χ3v) is 3.42. The first-order valence-electron chi connectivity index (χ1n) is 7.35. The minimum absolute atomic E-state index is 0.0344. The summed E-state index contributed by atoms with van der Waals surface area (Å²) in [7, 11) is 0. The first-order valence-corrected chi connectivity index (χ1v) is 7.73. The second-order valence-electron chi connectivity index (χ2n) is 5.01. The zero-order chi connectivity index (χ0) is 19.1. The van der Waals surface area contributed by atoms with Crippen LogP contribution in [0.15, 0.2) is 47.6 Å². The van der Waals surface area contributed by atoms with Crippen molar-refractivity contribution in [2.45, 2.75) is 19.6 Å². The van der Waals surface area contributed by atoms with Crippen molar-refractivity contribution in [3.63, 3.8) is 0 Å². The summed E-state index contributed by atoms with van der Waals surface area (Å²) in [6.07, 6.45) is 0.127. The van der Waals surface area contributed by atoms with E-state index in [4.69, 9.17) is 16.4 Å². The maximum atomic E-state index is 13.0. The molecule has 5 nitrogen and oxygen atoms in total. The maximum Gasteiger partial charge on any atom is 0.387 e. The molecule has 138 valence electrons. The molecule has 1 amide bonds. The molecule has 1 N–H and O–H groups in total. The molecule has 0 fully saturated rings. The Morgan fingerprint density at radius 1 is 1.27 bits per heavy atom. The smallest absolute Gasteiger partial charge is 0.387 e. The number of rotatable bonds is 7. The normalized spacial score (nSPS) is 12.2. The first-order chi connectivity index (χ1) is 12.4. The topological polar surface area (TPSA) is 59.9 Å². The van der Waals surface area contributed by atoms with Gasteiger partial charge in [0.2, 0.25) is 6.10 Å². The lowest BCUT2D eigenvalue weighted by Crippen LogP contribution is -2.26. The summed E-state index contributed by atoms with van der Waals surface area (Å²) < 4.78 is 42.0. The highest BCUT2D eigenvalue weighted by atomic mass is 35.5. The molecule has 0 saturated carbocycles. The van der Waals surface area contributed by atoms with Gasteiger partial charge < -0.3 is 14.9 Å². The number of halogens is 4. The number of nitrogens with one attached hydrogen (secondary N) is 1. The van der Waals surface area contributed by atoms with Gasteiger partial charge >= 0.3 is 6.61 Å². The van der Waals surface area contributed by atoms with Gasteiger partial charge in [0.05, 0.1) is 16.9 Å². The highest BCUT2D eigenvalue weighted by Gasteiger charge is 2.16. The van der Waals surface area contributed by atoms with Crippen LogP contribution in [0.5, 0.6) is 5.75 Å². The molecule has 2 aromatic carbocycles. The Bertz CT molecular complexity index is 803. The minimum atomic E-state index is -2.98. The molecule has 0 aliphatic rings. The van der Waals surface area contributed by atoms with Gasteiger partial charge in [-0.15, -0.1) is 0 Å². The van der Waals surface area contributed by atoms with Gasteiger partial charge in [0.1, 0.15) is 11.6 Å². The van der Waals surface area contributed by atoms with E-state index in [1.54, 1.807) is 6.07 Å². The van der Waals surface area contributed by atoms with E-state index in [1.165, 1.54) is 31.2 Å².